The average Bonchev–Trinajstić information content (AvgIpc) is 3.23. The fourth-order valence-corrected chi connectivity index (χ4v) is 3.83. The number of rotatable bonds is 8. The second-order valence-corrected chi connectivity index (χ2v) is 7.67. The molecule has 0 amide bonds. The number of guanidine groups is 1. The van der Waals surface area contributed by atoms with E-state index in [4.69, 9.17) is 4.52 Å². The van der Waals surface area contributed by atoms with E-state index in [1.807, 2.05) is 19.3 Å². The molecule has 2 aromatic heterocycles. The largest absolute Gasteiger partial charge is 0.359 e. The molecular formula is C22H34N6O. The SMILES string of the molecule is CCC(CC)c1cc(CNC(=NC)NC2CCN(Cc3ccccn3)CC2)on1. The summed E-state index contributed by atoms with van der Waals surface area (Å²) in [4.78, 5) is 11.3. The fourth-order valence-electron chi connectivity index (χ4n) is 3.83. The van der Waals surface area contributed by atoms with Gasteiger partial charge in [-0.2, -0.15) is 0 Å². The predicted octanol–water partition coefficient (Wildman–Crippen LogP) is 3.30. The Balaban J connectivity index is 1.42. The number of nitrogens with one attached hydrogen (secondary N) is 2. The average molecular weight is 399 g/mol. The molecule has 0 spiro atoms. The lowest BCUT2D eigenvalue weighted by atomic mass is 9.99. The van der Waals surface area contributed by atoms with E-state index in [2.05, 4.69) is 62.7 Å². The summed E-state index contributed by atoms with van der Waals surface area (Å²) in [7, 11) is 1.81. The quantitative estimate of drug-likeness (QED) is 0.525. The van der Waals surface area contributed by atoms with Gasteiger partial charge in [0.25, 0.3) is 0 Å². The molecule has 1 aliphatic rings. The van der Waals surface area contributed by atoms with Crippen LogP contribution in [0, 0.1) is 0 Å². The van der Waals surface area contributed by atoms with Crippen molar-refractivity contribution < 1.29 is 4.52 Å². The van der Waals surface area contributed by atoms with Crippen LogP contribution >= 0.6 is 0 Å². The Hall–Kier alpha value is -2.41. The monoisotopic (exact) mass is 398 g/mol. The van der Waals surface area contributed by atoms with E-state index in [0.29, 0.717) is 18.5 Å². The van der Waals surface area contributed by atoms with Crippen LogP contribution in [0.5, 0.6) is 0 Å². The van der Waals surface area contributed by atoms with Crippen molar-refractivity contribution in [2.75, 3.05) is 20.1 Å². The second-order valence-electron chi connectivity index (χ2n) is 7.67. The lowest BCUT2D eigenvalue weighted by Gasteiger charge is -2.32. The highest BCUT2D eigenvalue weighted by atomic mass is 16.5. The number of hydrogen-bond donors (Lipinski definition) is 2. The highest BCUT2D eigenvalue weighted by molar-refractivity contribution is 5.79. The topological polar surface area (TPSA) is 78.6 Å². The summed E-state index contributed by atoms with van der Waals surface area (Å²) >= 11 is 0. The number of hydrogen-bond acceptors (Lipinski definition) is 5. The van der Waals surface area contributed by atoms with Crippen LogP contribution in [-0.4, -0.2) is 47.2 Å². The van der Waals surface area contributed by atoms with Crippen molar-refractivity contribution in [1.29, 1.82) is 0 Å². The number of aliphatic imine (C=N–C) groups is 1. The van der Waals surface area contributed by atoms with E-state index in [1.165, 1.54) is 0 Å². The summed E-state index contributed by atoms with van der Waals surface area (Å²) in [6, 6.07) is 8.59. The molecular weight excluding hydrogens is 364 g/mol. The van der Waals surface area contributed by atoms with Crippen LogP contribution in [0.4, 0.5) is 0 Å². The lowest BCUT2D eigenvalue weighted by molar-refractivity contribution is 0.196. The maximum atomic E-state index is 5.50. The molecule has 0 unspecified atom stereocenters. The number of pyridine rings is 1. The molecule has 0 aliphatic carbocycles. The molecule has 3 rings (SSSR count). The van der Waals surface area contributed by atoms with Gasteiger partial charge in [-0.1, -0.05) is 25.1 Å². The molecule has 0 aromatic carbocycles. The first-order chi connectivity index (χ1) is 14.2. The van der Waals surface area contributed by atoms with Crippen molar-refractivity contribution in [3.63, 3.8) is 0 Å². The van der Waals surface area contributed by atoms with E-state index in [-0.39, 0.29) is 0 Å². The summed E-state index contributed by atoms with van der Waals surface area (Å²) in [6.07, 6.45) is 6.21. The van der Waals surface area contributed by atoms with Gasteiger partial charge in [-0.15, -0.1) is 0 Å². The Labute approximate surface area is 174 Å². The summed E-state index contributed by atoms with van der Waals surface area (Å²) in [6.45, 7) is 8.01. The third kappa shape index (κ3) is 6.29. The lowest BCUT2D eigenvalue weighted by Crippen LogP contribution is -2.48. The molecule has 7 heteroatoms. The van der Waals surface area contributed by atoms with Crippen molar-refractivity contribution in [3.05, 3.63) is 47.6 Å². The zero-order chi connectivity index (χ0) is 20.5. The van der Waals surface area contributed by atoms with Gasteiger partial charge in [-0.05, 0) is 37.8 Å². The minimum absolute atomic E-state index is 0.427. The Morgan fingerprint density at radius 2 is 2.07 bits per heavy atom. The Kier molecular flexibility index (Phi) is 8.04. The summed E-state index contributed by atoms with van der Waals surface area (Å²) < 4.78 is 5.50. The maximum absolute atomic E-state index is 5.50. The van der Waals surface area contributed by atoms with Crippen molar-refractivity contribution >= 4 is 5.96 Å². The van der Waals surface area contributed by atoms with Gasteiger partial charge >= 0.3 is 0 Å². The molecule has 1 aliphatic heterocycles. The Bertz CT molecular complexity index is 748. The fraction of sp³-hybridized carbons (Fsp3) is 0.591. The van der Waals surface area contributed by atoms with E-state index in [1.54, 1.807) is 0 Å². The minimum Gasteiger partial charge on any atom is -0.359 e. The third-order valence-corrected chi connectivity index (χ3v) is 5.67. The highest BCUT2D eigenvalue weighted by Gasteiger charge is 2.20. The molecule has 1 fully saturated rings. The zero-order valence-electron chi connectivity index (χ0n) is 17.9. The summed E-state index contributed by atoms with van der Waals surface area (Å²) in [5, 5.41) is 11.1. The van der Waals surface area contributed by atoms with Crippen LogP contribution in [-0.2, 0) is 13.1 Å². The van der Waals surface area contributed by atoms with Gasteiger partial charge in [0.15, 0.2) is 11.7 Å². The van der Waals surface area contributed by atoms with Crippen molar-refractivity contribution in [2.45, 2.75) is 64.6 Å². The van der Waals surface area contributed by atoms with Gasteiger partial charge < -0.3 is 15.2 Å². The standard InChI is InChI=1S/C22H34N6O/c1-4-17(5-2)21-14-20(29-27-21)15-25-22(23-3)26-18-9-12-28(13-10-18)16-19-8-6-7-11-24-19/h6-8,11,14,17-18H,4-5,9-10,12-13,15-16H2,1-3H3,(H2,23,25,26). The Morgan fingerprint density at radius 3 is 2.72 bits per heavy atom. The number of piperidine rings is 1. The molecule has 7 nitrogen and oxygen atoms in total. The number of likely N-dealkylation sites (tertiary alicyclic amines) is 1. The van der Waals surface area contributed by atoms with Crippen molar-refractivity contribution in [1.82, 2.24) is 25.7 Å². The van der Waals surface area contributed by atoms with Gasteiger partial charge in [0.2, 0.25) is 0 Å². The zero-order valence-corrected chi connectivity index (χ0v) is 17.9. The normalized spacial score (nSPS) is 16.3. The van der Waals surface area contributed by atoms with Crippen LogP contribution in [0.15, 0.2) is 40.0 Å². The molecule has 158 valence electrons. The molecule has 29 heavy (non-hydrogen) atoms. The van der Waals surface area contributed by atoms with Crippen molar-refractivity contribution in [3.8, 4) is 0 Å². The van der Waals surface area contributed by atoms with Gasteiger partial charge in [0.1, 0.15) is 0 Å². The summed E-state index contributed by atoms with van der Waals surface area (Å²) in [5.74, 6) is 2.13. The van der Waals surface area contributed by atoms with Gasteiger partial charge in [-0.3, -0.25) is 14.9 Å². The molecule has 0 atom stereocenters. The van der Waals surface area contributed by atoms with Crippen LogP contribution in [0.3, 0.4) is 0 Å². The molecule has 2 N–H and O–H groups in total. The molecule has 0 radical (unpaired) electrons. The van der Waals surface area contributed by atoms with Crippen LogP contribution in [0.25, 0.3) is 0 Å². The molecule has 0 saturated carbocycles. The van der Waals surface area contributed by atoms with Gasteiger partial charge in [0, 0.05) is 50.9 Å². The number of aromatic nitrogens is 2. The van der Waals surface area contributed by atoms with Crippen LogP contribution < -0.4 is 10.6 Å². The van der Waals surface area contributed by atoms with Gasteiger partial charge in [-0.25, -0.2) is 0 Å². The molecule has 2 aromatic rings. The predicted molar refractivity (Wildman–Crippen MR) is 116 cm³/mol. The van der Waals surface area contributed by atoms with Crippen LogP contribution in [0.1, 0.15) is 62.6 Å². The van der Waals surface area contributed by atoms with Crippen molar-refractivity contribution in [2.24, 2.45) is 4.99 Å². The van der Waals surface area contributed by atoms with Gasteiger partial charge in [0.05, 0.1) is 17.9 Å². The minimum atomic E-state index is 0.427. The second kappa shape index (κ2) is 11.0. The maximum Gasteiger partial charge on any atom is 0.191 e. The first-order valence-electron chi connectivity index (χ1n) is 10.8. The Morgan fingerprint density at radius 1 is 1.28 bits per heavy atom. The molecule has 0 bridgehead atoms. The van der Waals surface area contributed by atoms with E-state index >= 15 is 0 Å². The van der Waals surface area contributed by atoms with E-state index < -0.39 is 0 Å². The smallest absolute Gasteiger partial charge is 0.191 e. The summed E-state index contributed by atoms with van der Waals surface area (Å²) in [5.41, 5.74) is 2.19. The highest BCUT2D eigenvalue weighted by Crippen LogP contribution is 2.22. The first-order valence-corrected chi connectivity index (χ1v) is 10.8. The molecule has 1 saturated heterocycles. The van der Waals surface area contributed by atoms with Crippen LogP contribution in [0.2, 0.25) is 0 Å². The molecule has 3 heterocycles. The van der Waals surface area contributed by atoms with E-state index in [0.717, 1.165) is 68.4 Å². The third-order valence-electron chi connectivity index (χ3n) is 5.67. The number of nitrogens with zero attached hydrogens (tertiary/aromatic N) is 4. The first kappa shape index (κ1) is 21.3. The van der Waals surface area contributed by atoms with E-state index in [9.17, 15) is 0 Å².